The van der Waals surface area contributed by atoms with E-state index in [9.17, 15) is 19.2 Å². The van der Waals surface area contributed by atoms with E-state index >= 15 is 0 Å². The average Bonchev–Trinajstić information content (AvgIpc) is 2.83. The summed E-state index contributed by atoms with van der Waals surface area (Å²) in [7, 11) is 0. The van der Waals surface area contributed by atoms with Crippen LogP contribution in [0.25, 0.3) is 0 Å². The summed E-state index contributed by atoms with van der Waals surface area (Å²) in [5.74, 6) is -1.67. The van der Waals surface area contributed by atoms with Crippen LogP contribution in [0.1, 0.15) is 27.1 Å². The predicted octanol–water partition coefficient (Wildman–Crippen LogP) is 4.14. The number of halogens is 1. The highest BCUT2D eigenvalue weighted by atomic mass is 35.5. The van der Waals surface area contributed by atoms with E-state index in [1.54, 1.807) is 42.5 Å². The lowest BCUT2D eigenvalue weighted by Gasteiger charge is -2.26. The number of amides is 2. The topological polar surface area (TPSA) is 114 Å². The first-order valence-electron chi connectivity index (χ1n) is 10.4. The first kappa shape index (κ1) is 23.0. The van der Waals surface area contributed by atoms with E-state index in [4.69, 9.17) is 16.3 Å². The Morgan fingerprint density at radius 3 is 2.24 bits per heavy atom. The predicted molar refractivity (Wildman–Crippen MR) is 128 cm³/mol. The summed E-state index contributed by atoms with van der Waals surface area (Å²) in [6.07, 6.45) is -0.0726. The zero-order chi connectivity index (χ0) is 24.1. The third kappa shape index (κ3) is 5.60. The van der Waals surface area contributed by atoms with Crippen LogP contribution in [0, 0.1) is 0 Å². The van der Waals surface area contributed by atoms with E-state index < -0.39 is 18.6 Å². The maximum atomic E-state index is 12.4. The molecular formula is C25H20ClN3O5. The zero-order valence-corrected chi connectivity index (χ0v) is 18.6. The average molecular weight is 478 g/mol. The maximum absolute atomic E-state index is 12.4. The minimum Gasteiger partial charge on any atom is -0.454 e. The number of hydrogen-bond donors (Lipinski definition) is 3. The second kappa shape index (κ2) is 10.2. The number of nitrogens with one attached hydrogen (secondary N) is 3. The van der Waals surface area contributed by atoms with Crippen molar-refractivity contribution < 1.29 is 23.9 Å². The number of fused-ring (bicyclic) bond motifs is 1. The van der Waals surface area contributed by atoms with Crippen LogP contribution < -0.4 is 16.0 Å². The number of esters is 1. The summed E-state index contributed by atoms with van der Waals surface area (Å²) >= 11 is 5.80. The van der Waals surface area contributed by atoms with Gasteiger partial charge in [-0.3, -0.25) is 14.4 Å². The first-order valence-corrected chi connectivity index (χ1v) is 10.8. The summed E-state index contributed by atoms with van der Waals surface area (Å²) in [6, 6.07) is 18.9. The number of anilines is 3. The third-order valence-electron chi connectivity index (χ3n) is 5.13. The number of carbonyl (C=O) groups is 4. The lowest BCUT2D eigenvalue weighted by Crippen LogP contribution is -2.41. The van der Waals surface area contributed by atoms with E-state index in [0.717, 1.165) is 5.69 Å². The minimum absolute atomic E-state index is 0.0726. The molecule has 1 atom stereocenters. The number of para-hydroxylation sites is 2. The van der Waals surface area contributed by atoms with Gasteiger partial charge in [-0.25, -0.2) is 4.79 Å². The van der Waals surface area contributed by atoms with Gasteiger partial charge in [0.05, 0.1) is 23.4 Å². The third-order valence-corrected chi connectivity index (χ3v) is 5.38. The number of carbonyl (C=O) groups excluding carboxylic acids is 4. The number of hydrogen-bond acceptors (Lipinski definition) is 6. The summed E-state index contributed by atoms with van der Waals surface area (Å²) in [6.45, 7) is -0.404. The Kier molecular flexibility index (Phi) is 6.89. The molecule has 3 aromatic rings. The number of Topliss-reactive ketones (excluding diaryl/α,β-unsaturated/α-hetero) is 1. The molecule has 3 N–H and O–H groups in total. The highest BCUT2D eigenvalue weighted by molar-refractivity contribution is 6.30. The smallest absolute Gasteiger partial charge is 0.338 e. The van der Waals surface area contributed by atoms with E-state index in [2.05, 4.69) is 16.0 Å². The van der Waals surface area contributed by atoms with Crippen LogP contribution in [0.4, 0.5) is 17.1 Å². The standard InChI is InChI=1S/C25H20ClN3O5/c26-17-9-5-15(6-10-17)22(30)14-34-25(33)16-7-11-18(12-8-16)27-23(31)13-21-24(32)29-20-4-2-1-3-19(20)28-21/h1-12,21,28H,13-14H2,(H,27,31)(H,29,32). The van der Waals surface area contributed by atoms with Gasteiger partial charge in [-0.05, 0) is 60.7 Å². The van der Waals surface area contributed by atoms with Gasteiger partial charge in [0, 0.05) is 16.3 Å². The van der Waals surface area contributed by atoms with E-state index in [-0.39, 0.29) is 29.6 Å². The fourth-order valence-corrected chi connectivity index (χ4v) is 3.48. The Hall–Kier alpha value is -4.17. The molecule has 0 spiro atoms. The van der Waals surface area contributed by atoms with Gasteiger partial charge in [-0.1, -0.05) is 23.7 Å². The Balaban J connectivity index is 1.28. The quantitative estimate of drug-likeness (QED) is 0.348. The van der Waals surface area contributed by atoms with E-state index in [1.807, 2.05) is 18.2 Å². The van der Waals surface area contributed by atoms with Gasteiger partial charge in [-0.15, -0.1) is 0 Å². The second-order valence-electron chi connectivity index (χ2n) is 7.57. The van der Waals surface area contributed by atoms with Crippen LogP contribution in [0.15, 0.2) is 72.8 Å². The summed E-state index contributed by atoms with van der Waals surface area (Å²) < 4.78 is 5.07. The molecule has 3 aromatic carbocycles. The molecule has 1 aliphatic heterocycles. The molecule has 34 heavy (non-hydrogen) atoms. The van der Waals surface area contributed by atoms with Gasteiger partial charge in [-0.2, -0.15) is 0 Å². The SMILES string of the molecule is O=C(CC1Nc2ccccc2NC1=O)Nc1ccc(C(=O)OCC(=O)c2ccc(Cl)cc2)cc1. The molecule has 172 valence electrons. The molecule has 1 aliphatic rings. The van der Waals surface area contributed by atoms with Crippen molar-refractivity contribution in [1.29, 1.82) is 0 Å². The molecule has 0 saturated heterocycles. The van der Waals surface area contributed by atoms with Gasteiger partial charge in [0.1, 0.15) is 6.04 Å². The van der Waals surface area contributed by atoms with Gasteiger partial charge >= 0.3 is 5.97 Å². The van der Waals surface area contributed by atoms with Gasteiger partial charge in [0.25, 0.3) is 0 Å². The molecule has 8 nitrogen and oxygen atoms in total. The number of rotatable bonds is 7. The van der Waals surface area contributed by atoms with Crippen molar-refractivity contribution in [2.24, 2.45) is 0 Å². The lowest BCUT2D eigenvalue weighted by molar-refractivity contribution is -0.122. The normalized spacial score (nSPS) is 14.3. The maximum Gasteiger partial charge on any atom is 0.338 e. The van der Waals surface area contributed by atoms with Crippen molar-refractivity contribution in [2.45, 2.75) is 12.5 Å². The van der Waals surface area contributed by atoms with Crippen LogP contribution in [0.5, 0.6) is 0 Å². The van der Waals surface area contributed by atoms with Crippen LogP contribution >= 0.6 is 11.6 Å². The van der Waals surface area contributed by atoms with Crippen molar-refractivity contribution in [2.75, 3.05) is 22.6 Å². The number of benzene rings is 3. The van der Waals surface area contributed by atoms with Crippen molar-refractivity contribution in [1.82, 2.24) is 0 Å². The van der Waals surface area contributed by atoms with E-state index in [1.165, 1.54) is 12.1 Å². The minimum atomic E-state index is -0.706. The molecule has 0 aliphatic carbocycles. The molecule has 1 unspecified atom stereocenters. The molecule has 0 saturated carbocycles. The zero-order valence-electron chi connectivity index (χ0n) is 17.8. The fraction of sp³-hybridized carbons (Fsp3) is 0.120. The number of ketones is 1. The Morgan fingerprint density at radius 2 is 1.53 bits per heavy atom. The van der Waals surface area contributed by atoms with Crippen LogP contribution in [-0.4, -0.2) is 36.2 Å². The highest BCUT2D eigenvalue weighted by Crippen LogP contribution is 2.26. The van der Waals surface area contributed by atoms with Crippen LogP contribution in [-0.2, 0) is 14.3 Å². The summed E-state index contributed by atoms with van der Waals surface area (Å²) in [5, 5.41) is 9.03. The van der Waals surface area contributed by atoms with Crippen molar-refractivity contribution >= 4 is 52.2 Å². The van der Waals surface area contributed by atoms with Gasteiger partial charge in [0.15, 0.2) is 12.4 Å². The fourth-order valence-electron chi connectivity index (χ4n) is 3.36. The second-order valence-corrected chi connectivity index (χ2v) is 8.00. The molecule has 0 bridgehead atoms. The molecule has 4 rings (SSSR count). The Labute approximate surface area is 200 Å². The molecule has 1 heterocycles. The molecule has 9 heteroatoms. The number of ether oxygens (including phenoxy) is 1. The molecule has 0 fully saturated rings. The van der Waals surface area contributed by atoms with Gasteiger partial charge < -0.3 is 20.7 Å². The summed E-state index contributed by atoms with van der Waals surface area (Å²) in [4.78, 5) is 49.0. The van der Waals surface area contributed by atoms with Crippen molar-refractivity contribution in [3.8, 4) is 0 Å². The van der Waals surface area contributed by atoms with Crippen molar-refractivity contribution in [3.05, 3.63) is 88.9 Å². The largest absolute Gasteiger partial charge is 0.454 e. The van der Waals surface area contributed by atoms with Crippen LogP contribution in [0.2, 0.25) is 5.02 Å². The van der Waals surface area contributed by atoms with Gasteiger partial charge in [0.2, 0.25) is 11.8 Å². The monoisotopic (exact) mass is 477 g/mol. The molecule has 2 amide bonds. The molecule has 0 radical (unpaired) electrons. The molecule has 0 aromatic heterocycles. The van der Waals surface area contributed by atoms with Crippen molar-refractivity contribution in [3.63, 3.8) is 0 Å². The first-order chi connectivity index (χ1) is 16.4. The highest BCUT2D eigenvalue weighted by Gasteiger charge is 2.27. The Morgan fingerprint density at radius 1 is 0.882 bits per heavy atom. The van der Waals surface area contributed by atoms with Crippen LogP contribution in [0.3, 0.4) is 0 Å². The lowest BCUT2D eigenvalue weighted by atomic mass is 10.1. The summed E-state index contributed by atoms with van der Waals surface area (Å²) in [5.41, 5.74) is 2.49. The molecular weight excluding hydrogens is 458 g/mol. The van der Waals surface area contributed by atoms with E-state index in [0.29, 0.717) is 22.0 Å². The Bertz CT molecular complexity index is 1240.